The van der Waals surface area contributed by atoms with Crippen LogP contribution in [0, 0.1) is 0 Å². The molecule has 1 aromatic carbocycles. The standard InChI is InChI=1S/C10H11NO3/c11-5-3-7-6(10(13)14)1-2-9(12)8(7)4-5/h1-2,5,12H,3-4,11H2,(H,13,14). The Kier molecular flexibility index (Phi) is 1.93. The van der Waals surface area contributed by atoms with Crippen molar-refractivity contribution in [2.45, 2.75) is 18.9 Å². The zero-order valence-electron chi connectivity index (χ0n) is 7.53. The molecular weight excluding hydrogens is 182 g/mol. The third-order valence-corrected chi connectivity index (χ3v) is 2.57. The first-order chi connectivity index (χ1) is 6.59. The van der Waals surface area contributed by atoms with Crippen LogP contribution in [0.25, 0.3) is 0 Å². The van der Waals surface area contributed by atoms with Crippen molar-refractivity contribution >= 4 is 5.97 Å². The molecule has 1 unspecified atom stereocenters. The van der Waals surface area contributed by atoms with Crippen molar-refractivity contribution in [3.63, 3.8) is 0 Å². The number of nitrogens with two attached hydrogens (primary N) is 1. The van der Waals surface area contributed by atoms with Crippen molar-refractivity contribution in [2.24, 2.45) is 5.73 Å². The normalized spacial score (nSPS) is 19.4. The Morgan fingerprint density at radius 3 is 2.64 bits per heavy atom. The van der Waals surface area contributed by atoms with Crippen LogP contribution in [0.2, 0.25) is 0 Å². The molecule has 0 spiro atoms. The maximum Gasteiger partial charge on any atom is 0.335 e. The molecule has 1 aliphatic carbocycles. The molecule has 0 fully saturated rings. The Labute approximate surface area is 81.0 Å². The number of carboxylic acid groups (broad SMARTS) is 1. The van der Waals surface area contributed by atoms with Crippen LogP contribution < -0.4 is 5.73 Å². The van der Waals surface area contributed by atoms with E-state index < -0.39 is 5.97 Å². The largest absolute Gasteiger partial charge is 0.508 e. The average Bonchev–Trinajstić information content (AvgIpc) is 2.47. The monoisotopic (exact) mass is 193 g/mol. The fraction of sp³-hybridized carbons (Fsp3) is 0.300. The number of aromatic hydroxyl groups is 1. The van der Waals surface area contributed by atoms with Gasteiger partial charge in [-0.3, -0.25) is 0 Å². The Balaban J connectivity index is 2.59. The van der Waals surface area contributed by atoms with Gasteiger partial charge in [0, 0.05) is 6.04 Å². The molecule has 4 heteroatoms. The Morgan fingerprint density at radius 2 is 2.00 bits per heavy atom. The summed E-state index contributed by atoms with van der Waals surface area (Å²) < 4.78 is 0. The quantitative estimate of drug-likeness (QED) is 0.607. The maximum absolute atomic E-state index is 10.9. The van der Waals surface area contributed by atoms with E-state index in [1.165, 1.54) is 12.1 Å². The Morgan fingerprint density at radius 1 is 1.36 bits per heavy atom. The predicted octanol–water partition coefficient (Wildman–Crippen LogP) is 0.516. The Bertz CT molecular complexity index is 401. The Hall–Kier alpha value is -1.55. The highest BCUT2D eigenvalue weighted by atomic mass is 16.4. The van der Waals surface area contributed by atoms with Crippen LogP contribution in [-0.2, 0) is 12.8 Å². The van der Waals surface area contributed by atoms with Gasteiger partial charge in [0.25, 0.3) is 0 Å². The lowest BCUT2D eigenvalue weighted by atomic mass is 10.0. The van der Waals surface area contributed by atoms with E-state index in [1.807, 2.05) is 0 Å². The summed E-state index contributed by atoms with van der Waals surface area (Å²) in [6.45, 7) is 0. The van der Waals surface area contributed by atoms with E-state index >= 15 is 0 Å². The minimum atomic E-state index is -0.963. The van der Waals surface area contributed by atoms with Gasteiger partial charge in [-0.2, -0.15) is 0 Å². The number of hydrogen-bond donors (Lipinski definition) is 3. The van der Waals surface area contributed by atoms with E-state index in [9.17, 15) is 9.90 Å². The molecule has 2 rings (SSSR count). The summed E-state index contributed by atoms with van der Waals surface area (Å²) in [5.74, 6) is -0.812. The summed E-state index contributed by atoms with van der Waals surface area (Å²) in [6.07, 6.45) is 1.09. The van der Waals surface area contributed by atoms with E-state index in [4.69, 9.17) is 10.8 Å². The molecule has 14 heavy (non-hydrogen) atoms. The molecule has 1 aromatic rings. The number of fused-ring (bicyclic) bond motifs is 1. The van der Waals surface area contributed by atoms with Crippen LogP contribution in [0.5, 0.6) is 5.75 Å². The van der Waals surface area contributed by atoms with Crippen LogP contribution in [0.1, 0.15) is 21.5 Å². The lowest BCUT2D eigenvalue weighted by Gasteiger charge is -2.05. The van der Waals surface area contributed by atoms with Crippen LogP contribution in [0.15, 0.2) is 12.1 Å². The minimum Gasteiger partial charge on any atom is -0.508 e. The highest BCUT2D eigenvalue weighted by molar-refractivity contribution is 5.90. The van der Waals surface area contributed by atoms with Crippen molar-refractivity contribution in [3.05, 3.63) is 28.8 Å². The molecule has 0 aliphatic heterocycles. The number of rotatable bonds is 1. The molecule has 4 N–H and O–H groups in total. The molecular formula is C10H11NO3. The number of aromatic carboxylic acids is 1. The smallest absolute Gasteiger partial charge is 0.335 e. The van der Waals surface area contributed by atoms with Crippen molar-refractivity contribution in [2.75, 3.05) is 0 Å². The van der Waals surface area contributed by atoms with Crippen molar-refractivity contribution in [1.82, 2.24) is 0 Å². The van der Waals surface area contributed by atoms with Gasteiger partial charge in [0.05, 0.1) is 5.56 Å². The van der Waals surface area contributed by atoms with Gasteiger partial charge in [-0.1, -0.05) is 0 Å². The number of phenolic OH excluding ortho intramolecular Hbond substituents is 1. The molecule has 0 heterocycles. The van der Waals surface area contributed by atoms with Gasteiger partial charge in [0.1, 0.15) is 5.75 Å². The van der Waals surface area contributed by atoms with E-state index in [2.05, 4.69) is 0 Å². The lowest BCUT2D eigenvalue weighted by Crippen LogP contribution is -2.19. The first kappa shape index (κ1) is 9.02. The SMILES string of the molecule is NC1Cc2c(O)ccc(C(=O)O)c2C1. The predicted molar refractivity (Wildman–Crippen MR) is 50.4 cm³/mol. The minimum absolute atomic E-state index is 0.0728. The van der Waals surface area contributed by atoms with Gasteiger partial charge in [-0.25, -0.2) is 4.79 Å². The number of benzene rings is 1. The third-order valence-electron chi connectivity index (χ3n) is 2.57. The summed E-state index contributed by atoms with van der Waals surface area (Å²) in [5, 5.41) is 18.4. The van der Waals surface area contributed by atoms with Gasteiger partial charge in [-0.05, 0) is 36.1 Å². The second-order valence-corrected chi connectivity index (χ2v) is 3.56. The van der Waals surface area contributed by atoms with Gasteiger partial charge < -0.3 is 15.9 Å². The van der Waals surface area contributed by atoms with Crippen LogP contribution in [0.4, 0.5) is 0 Å². The van der Waals surface area contributed by atoms with Gasteiger partial charge in [0.15, 0.2) is 0 Å². The van der Waals surface area contributed by atoms with Crippen molar-refractivity contribution in [1.29, 1.82) is 0 Å². The second-order valence-electron chi connectivity index (χ2n) is 3.56. The first-order valence-electron chi connectivity index (χ1n) is 4.42. The zero-order valence-corrected chi connectivity index (χ0v) is 7.53. The fourth-order valence-electron chi connectivity index (χ4n) is 1.94. The van der Waals surface area contributed by atoms with Gasteiger partial charge in [-0.15, -0.1) is 0 Å². The number of carbonyl (C=O) groups is 1. The van der Waals surface area contributed by atoms with Crippen LogP contribution in [-0.4, -0.2) is 22.2 Å². The molecule has 1 atom stereocenters. The van der Waals surface area contributed by atoms with E-state index in [0.717, 1.165) is 0 Å². The van der Waals surface area contributed by atoms with Crippen LogP contribution in [0.3, 0.4) is 0 Å². The molecule has 0 saturated carbocycles. The number of carboxylic acids is 1. The highest BCUT2D eigenvalue weighted by Gasteiger charge is 2.26. The summed E-state index contributed by atoms with van der Waals surface area (Å²) in [7, 11) is 0. The van der Waals surface area contributed by atoms with Crippen molar-refractivity contribution < 1.29 is 15.0 Å². The zero-order chi connectivity index (χ0) is 10.3. The van der Waals surface area contributed by atoms with E-state index in [1.54, 1.807) is 0 Å². The fourth-order valence-corrected chi connectivity index (χ4v) is 1.94. The third kappa shape index (κ3) is 1.24. The molecule has 1 aliphatic rings. The molecule has 0 saturated heterocycles. The topological polar surface area (TPSA) is 83.5 Å². The summed E-state index contributed by atoms with van der Waals surface area (Å²) in [4.78, 5) is 10.9. The maximum atomic E-state index is 10.9. The molecule has 0 amide bonds. The summed E-state index contributed by atoms with van der Waals surface area (Å²) >= 11 is 0. The molecule has 74 valence electrons. The average molecular weight is 193 g/mol. The number of hydrogen-bond acceptors (Lipinski definition) is 3. The van der Waals surface area contributed by atoms with Gasteiger partial charge >= 0.3 is 5.97 Å². The van der Waals surface area contributed by atoms with Crippen LogP contribution >= 0.6 is 0 Å². The summed E-state index contributed by atoms with van der Waals surface area (Å²) in [5.41, 5.74) is 7.35. The van der Waals surface area contributed by atoms with Crippen molar-refractivity contribution in [3.8, 4) is 5.75 Å². The number of phenols is 1. The second kappa shape index (κ2) is 2.99. The lowest BCUT2D eigenvalue weighted by molar-refractivity contribution is 0.0696. The van der Waals surface area contributed by atoms with Gasteiger partial charge in [0.2, 0.25) is 0 Å². The summed E-state index contributed by atoms with van der Waals surface area (Å²) in [6, 6.07) is 2.77. The van der Waals surface area contributed by atoms with E-state index in [-0.39, 0.29) is 17.4 Å². The molecule has 0 radical (unpaired) electrons. The highest BCUT2D eigenvalue weighted by Crippen LogP contribution is 2.31. The molecule has 0 aromatic heterocycles. The molecule has 0 bridgehead atoms. The van der Waals surface area contributed by atoms with E-state index in [0.29, 0.717) is 24.0 Å². The first-order valence-corrected chi connectivity index (χ1v) is 4.42. The molecule has 4 nitrogen and oxygen atoms in total.